The first-order valence-corrected chi connectivity index (χ1v) is 7.69. The predicted molar refractivity (Wildman–Crippen MR) is 101 cm³/mol. The summed E-state index contributed by atoms with van der Waals surface area (Å²) in [5.74, 6) is 0.442. The molecule has 0 N–H and O–H groups in total. The zero-order valence-corrected chi connectivity index (χ0v) is 16.3. The molecule has 1 aliphatic rings. The Labute approximate surface area is 159 Å². The maximum Gasteiger partial charge on any atom is 0.338 e. The monoisotopic (exact) mass is 446 g/mol. The number of hydrogen-bond donors (Lipinski definition) is 0. The second kappa shape index (κ2) is 10.2. The van der Waals surface area contributed by atoms with E-state index in [4.69, 9.17) is 9.47 Å². The fourth-order valence-electron chi connectivity index (χ4n) is 2.17. The second-order valence-corrected chi connectivity index (χ2v) is 5.19. The van der Waals surface area contributed by atoms with Gasteiger partial charge in [0.1, 0.15) is 5.75 Å². The van der Waals surface area contributed by atoms with Crippen LogP contribution in [0.1, 0.15) is 30.6 Å². The Bertz CT molecular complexity index is 574. The van der Waals surface area contributed by atoms with Crippen LogP contribution in [0.4, 0.5) is 0 Å². The first-order chi connectivity index (χ1) is 11.1. The van der Waals surface area contributed by atoms with Crippen LogP contribution in [-0.4, -0.2) is 48.1 Å². The lowest BCUT2D eigenvalue weighted by Gasteiger charge is -2.18. The third kappa shape index (κ3) is 6.03. The molecule has 0 aliphatic carbocycles. The summed E-state index contributed by atoms with van der Waals surface area (Å²) in [4.78, 5) is 26.5. The number of amides is 1. The Kier molecular flexibility index (Phi) is 8.59. The number of carbonyl (C=O) groups excluding carboxylic acids is 2. The molecule has 1 amide bonds. The van der Waals surface area contributed by atoms with Crippen LogP contribution < -0.4 is 4.74 Å². The molecule has 0 atom stereocenters. The van der Waals surface area contributed by atoms with Gasteiger partial charge in [-0.15, -0.1) is 24.0 Å². The summed E-state index contributed by atoms with van der Waals surface area (Å²) in [6.45, 7) is 5.69. The van der Waals surface area contributed by atoms with Gasteiger partial charge in [-0.2, -0.15) is 0 Å². The highest BCUT2D eigenvalue weighted by atomic mass is 127. The predicted octanol–water partition coefficient (Wildman–Crippen LogP) is 2.84. The van der Waals surface area contributed by atoms with Gasteiger partial charge in [0.2, 0.25) is 5.91 Å². The standard InChI is InChI=1S/C17H22N2O4.HI/c1-3-22-17(21)15-5-7-16(8-6-15)23-12-4-9-18-10-11-19(13-18)14(2)20;/h5-8,10-11H,3-4,9,12-13H2,1-2H3;1H. The van der Waals surface area contributed by atoms with Gasteiger partial charge in [0.25, 0.3) is 0 Å². The average molecular weight is 446 g/mol. The average Bonchev–Trinajstić information content (AvgIpc) is 3.01. The summed E-state index contributed by atoms with van der Waals surface area (Å²) < 4.78 is 10.6. The number of esters is 1. The molecule has 0 bridgehead atoms. The summed E-state index contributed by atoms with van der Waals surface area (Å²) in [6.07, 6.45) is 4.54. The second-order valence-electron chi connectivity index (χ2n) is 5.19. The van der Waals surface area contributed by atoms with Crippen molar-refractivity contribution >= 4 is 35.9 Å². The van der Waals surface area contributed by atoms with Crippen LogP contribution in [-0.2, 0) is 9.53 Å². The quantitative estimate of drug-likeness (QED) is 0.366. The molecule has 0 aromatic heterocycles. The van der Waals surface area contributed by atoms with E-state index in [2.05, 4.69) is 4.90 Å². The van der Waals surface area contributed by atoms with Gasteiger partial charge in [0.15, 0.2) is 0 Å². The van der Waals surface area contributed by atoms with Crippen LogP contribution in [0.2, 0.25) is 0 Å². The zero-order valence-electron chi connectivity index (χ0n) is 13.9. The molecule has 0 fully saturated rings. The number of ether oxygens (including phenoxy) is 2. The van der Waals surface area contributed by atoms with E-state index in [1.807, 2.05) is 6.20 Å². The number of rotatable bonds is 7. The Balaban J connectivity index is 0.00000288. The van der Waals surface area contributed by atoms with Crippen molar-refractivity contribution in [3.8, 4) is 5.75 Å². The van der Waals surface area contributed by atoms with Crippen molar-refractivity contribution in [1.29, 1.82) is 0 Å². The van der Waals surface area contributed by atoms with Crippen molar-refractivity contribution in [2.45, 2.75) is 20.3 Å². The summed E-state index contributed by atoms with van der Waals surface area (Å²) in [5, 5.41) is 0. The number of halogens is 1. The van der Waals surface area contributed by atoms with Gasteiger partial charge >= 0.3 is 5.97 Å². The molecule has 132 valence electrons. The van der Waals surface area contributed by atoms with Gasteiger partial charge < -0.3 is 14.4 Å². The van der Waals surface area contributed by atoms with Crippen LogP contribution >= 0.6 is 24.0 Å². The van der Waals surface area contributed by atoms with Crippen LogP contribution in [0.5, 0.6) is 5.75 Å². The third-order valence-electron chi connectivity index (χ3n) is 3.42. The lowest BCUT2D eigenvalue weighted by Crippen LogP contribution is -2.29. The summed E-state index contributed by atoms with van der Waals surface area (Å²) >= 11 is 0. The van der Waals surface area contributed by atoms with Gasteiger partial charge in [0.05, 0.1) is 25.4 Å². The molecule has 1 aromatic rings. The molecule has 0 unspecified atom stereocenters. The van der Waals surface area contributed by atoms with Gasteiger partial charge in [-0.05, 0) is 37.6 Å². The van der Waals surface area contributed by atoms with Gasteiger partial charge in [-0.25, -0.2) is 4.79 Å². The van der Waals surface area contributed by atoms with Crippen molar-refractivity contribution in [3.05, 3.63) is 42.2 Å². The van der Waals surface area contributed by atoms with Crippen molar-refractivity contribution in [3.63, 3.8) is 0 Å². The Morgan fingerprint density at radius 1 is 1.17 bits per heavy atom. The van der Waals surface area contributed by atoms with E-state index in [-0.39, 0.29) is 35.9 Å². The van der Waals surface area contributed by atoms with Gasteiger partial charge in [0, 0.05) is 25.9 Å². The minimum atomic E-state index is -0.324. The molecule has 6 nitrogen and oxygen atoms in total. The summed E-state index contributed by atoms with van der Waals surface area (Å²) in [6, 6.07) is 6.92. The first kappa shape index (κ1) is 20.3. The fraction of sp³-hybridized carbons (Fsp3) is 0.412. The van der Waals surface area contributed by atoms with Crippen LogP contribution in [0.3, 0.4) is 0 Å². The molecule has 7 heteroatoms. The van der Waals surface area contributed by atoms with E-state index in [0.29, 0.717) is 25.4 Å². The highest BCUT2D eigenvalue weighted by molar-refractivity contribution is 14.0. The van der Waals surface area contributed by atoms with Crippen LogP contribution in [0.15, 0.2) is 36.7 Å². The van der Waals surface area contributed by atoms with Crippen LogP contribution in [0.25, 0.3) is 0 Å². The molecule has 0 saturated heterocycles. The lowest BCUT2D eigenvalue weighted by atomic mass is 10.2. The molecule has 0 saturated carbocycles. The van der Waals surface area contributed by atoms with E-state index >= 15 is 0 Å². The largest absolute Gasteiger partial charge is 0.494 e. The van der Waals surface area contributed by atoms with E-state index in [0.717, 1.165) is 18.7 Å². The summed E-state index contributed by atoms with van der Waals surface area (Å²) in [5.41, 5.74) is 0.519. The Morgan fingerprint density at radius 3 is 2.46 bits per heavy atom. The highest BCUT2D eigenvalue weighted by Gasteiger charge is 2.14. The smallest absolute Gasteiger partial charge is 0.338 e. The first-order valence-electron chi connectivity index (χ1n) is 7.69. The zero-order chi connectivity index (χ0) is 16.7. The number of nitrogens with zero attached hydrogens (tertiary/aromatic N) is 2. The normalized spacial score (nSPS) is 12.8. The van der Waals surface area contributed by atoms with Crippen LogP contribution in [0, 0.1) is 0 Å². The lowest BCUT2D eigenvalue weighted by molar-refractivity contribution is -0.126. The van der Waals surface area contributed by atoms with E-state index in [1.54, 1.807) is 49.2 Å². The SMILES string of the molecule is CCOC(=O)c1ccc(OCCCN2C=CN(C(C)=O)C2)cc1.I. The van der Waals surface area contributed by atoms with Crippen molar-refractivity contribution in [2.75, 3.05) is 26.4 Å². The molecule has 1 aromatic carbocycles. The number of hydrogen-bond acceptors (Lipinski definition) is 5. The van der Waals surface area contributed by atoms with E-state index in [1.165, 1.54) is 0 Å². The minimum Gasteiger partial charge on any atom is -0.494 e. The summed E-state index contributed by atoms with van der Waals surface area (Å²) in [7, 11) is 0. The molecule has 1 heterocycles. The Hall–Kier alpha value is -1.77. The number of benzene rings is 1. The van der Waals surface area contributed by atoms with Gasteiger partial charge in [-0.3, -0.25) is 9.69 Å². The maximum absolute atomic E-state index is 11.5. The van der Waals surface area contributed by atoms with E-state index in [9.17, 15) is 9.59 Å². The Morgan fingerprint density at radius 2 is 1.88 bits per heavy atom. The molecular weight excluding hydrogens is 423 g/mol. The maximum atomic E-state index is 11.5. The molecular formula is C17H23IN2O4. The molecule has 2 rings (SSSR count). The molecule has 1 aliphatic heterocycles. The van der Waals surface area contributed by atoms with Crippen molar-refractivity contribution in [2.24, 2.45) is 0 Å². The van der Waals surface area contributed by atoms with E-state index < -0.39 is 0 Å². The molecule has 24 heavy (non-hydrogen) atoms. The van der Waals surface area contributed by atoms with Gasteiger partial charge in [-0.1, -0.05) is 0 Å². The van der Waals surface area contributed by atoms with Crippen molar-refractivity contribution < 1.29 is 19.1 Å². The molecule has 0 radical (unpaired) electrons. The highest BCUT2D eigenvalue weighted by Crippen LogP contribution is 2.14. The van der Waals surface area contributed by atoms with Crippen molar-refractivity contribution in [1.82, 2.24) is 9.80 Å². The number of carbonyl (C=O) groups is 2. The minimum absolute atomic E-state index is 0. The molecule has 0 spiro atoms. The fourth-order valence-corrected chi connectivity index (χ4v) is 2.17. The third-order valence-corrected chi connectivity index (χ3v) is 3.42. The topological polar surface area (TPSA) is 59.1 Å².